The van der Waals surface area contributed by atoms with Gasteiger partial charge in [-0.05, 0) is 37.1 Å². The van der Waals surface area contributed by atoms with E-state index in [1.165, 1.54) is 24.2 Å². The highest BCUT2D eigenvalue weighted by molar-refractivity contribution is 5.28. The fourth-order valence-electron chi connectivity index (χ4n) is 4.24. The van der Waals surface area contributed by atoms with Crippen LogP contribution in [0.15, 0.2) is 24.3 Å². The Bertz CT molecular complexity index is 763. The number of ether oxygens (including phenoxy) is 2. The van der Waals surface area contributed by atoms with E-state index < -0.39 is 0 Å². The number of piperidine rings is 1. The van der Waals surface area contributed by atoms with E-state index in [9.17, 15) is 0 Å². The summed E-state index contributed by atoms with van der Waals surface area (Å²) in [5.74, 6) is 3.70. The van der Waals surface area contributed by atoms with Crippen LogP contribution in [-0.4, -0.2) is 66.2 Å². The van der Waals surface area contributed by atoms with Crippen molar-refractivity contribution in [1.29, 1.82) is 0 Å². The molecule has 0 bridgehead atoms. The number of rotatable bonds is 7. The minimum Gasteiger partial charge on any atom is -0.491 e. The maximum Gasteiger partial charge on any atom is 0.137 e. The smallest absolute Gasteiger partial charge is 0.137 e. The number of methoxy groups -OCH3 is 1. The molecule has 3 heterocycles. The largest absolute Gasteiger partial charge is 0.491 e. The molecule has 7 nitrogen and oxygen atoms in total. The van der Waals surface area contributed by atoms with Crippen LogP contribution in [0.25, 0.3) is 0 Å². The molecule has 0 spiro atoms. The number of nitrogens with zero attached hydrogens (tertiary/aromatic N) is 4. The average molecular weight is 386 g/mol. The van der Waals surface area contributed by atoms with E-state index in [1.807, 2.05) is 6.07 Å². The van der Waals surface area contributed by atoms with Gasteiger partial charge in [0, 0.05) is 52.2 Å². The molecular weight excluding hydrogens is 354 g/mol. The molecule has 1 saturated heterocycles. The zero-order valence-corrected chi connectivity index (χ0v) is 16.8. The zero-order valence-electron chi connectivity index (χ0n) is 16.8. The minimum atomic E-state index is 0.467. The Morgan fingerprint density at radius 3 is 3.07 bits per heavy atom. The molecule has 1 fully saturated rings. The summed E-state index contributed by atoms with van der Waals surface area (Å²) in [4.78, 5) is 2.54. The van der Waals surface area contributed by atoms with E-state index in [-0.39, 0.29) is 0 Å². The maximum atomic E-state index is 5.76. The molecule has 28 heavy (non-hydrogen) atoms. The number of fused-ring (bicyclic) bond motifs is 1. The lowest BCUT2D eigenvalue weighted by Gasteiger charge is -2.32. The van der Waals surface area contributed by atoms with Crippen molar-refractivity contribution in [3.63, 3.8) is 0 Å². The van der Waals surface area contributed by atoms with Gasteiger partial charge in [-0.25, -0.2) is 0 Å². The first-order valence-electron chi connectivity index (χ1n) is 10.4. The summed E-state index contributed by atoms with van der Waals surface area (Å²) >= 11 is 0. The molecule has 1 N–H and O–H groups in total. The highest BCUT2D eigenvalue weighted by atomic mass is 16.5. The van der Waals surface area contributed by atoms with Crippen molar-refractivity contribution in [1.82, 2.24) is 25.0 Å². The topological polar surface area (TPSA) is 64.4 Å². The van der Waals surface area contributed by atoms with Crippen molar-refractivity contribution in [3.05, 3.63) is 41.5 Å². The van der Waals surface area contributed by atoms with Gasteiger partial charge in [-0.15, -0.1) is 10.2 Å². The first kappa shape index (κ1) is 19.4. The maximum absolute atomic E-state index is 5.76. The molecular formula is C21H31N5O2. The lowest BCUT2D eigenvalue weighted by Crippen LogP contribution is -2.35. The van der Waals surface area contributed by atoms with Crippen LogP contribution in [0.5, 0.6) is 5.75 Å². The molecule has 0 radical (unpaired) electrons. The number of hydrogen-bond acceptors (Lipinski definition) is 6. The number of hydrogen-bond donors (Lipinski definition) is 1. The molecule has 4 rings (SSSR count). The van der Waals surface area contributed by atoms with Gasteiger partial charge in [0.15, 0.2) is 0 Å². The molecule has 1 aromatic carbocycles. The summed E-state index contributed by atoms with van der Waals surface area (Å²) in [7, 11) is 1.69. The van der Waals surface area contributed by atoms with Crippen LogP contribution in [0, 0.1) is 0 Å². The summed E-state index contributed by atoms with van der Waals surface area (Å²) in [5.41, 5.74) is 1.29. The van der Waals surface area contributed by atoms with Gasteiger partial charge in [0.25, 0.3) is 0 Å². The highest BCUT2D eigenvalue weighted by Gasteiger charge is 2.27. The molecule has 0 saturated carbocycles. The van der Waals surface area contributed by atoms with Gasteiger partial charge in [0.2, 0.25) is 0 Å². The minimum absolute atomic E-state index is 0.467. The third-order valence-corrected chi connectivity index (χ3v) is 5.63. The monoisotopic (exact) mass is 385 g/mol. The van der Waals surface area contributed by atoms with Gasteiger partial charge in [0.1, 0.15) is 24.0 Å². The molecule has 2 aliphatic heterocycles. The molecule has 7 heteroatoms. The second-order valence-electron chi connectivity index (χ2n) is 7.69. The summed E-state index contributed by atoms with van der Waals surface area (Å²) in [6.45, 7) is 7.29. The molecule has 0 amide bonds. The normalized spacial score (nSPS) is 20.5. The Kier molecular flexibility index (Phi) is 6.57. The quantitative estimate of drug-likeness (QED) is 0.734. The molecule has 1 unspecified atom stereocenters. The Morgan fingerprint density at radius 2 is 2.14 bits per heavy atom. The summed E-state index contributed by atoms with van der Waals surface area (Å²) in [5, 5.41) is 12.5. The average Bonchev–Trinajstić information content (AvgIpc) is 2.97. The molecule has 152 valence electrons. The Hall–Kier alpha value is -1.96. The van der Waals surface area contributed by atoms with E-state index in [2.05, 4.69) is 43.2 Å². The van der Waals surface area contributed by atoms with Gasteiger partial charge in [0.05, 0.1) is 6.61 Å². The molecule has 1 atom stereocenters. The Balaban J connectivity index is 1.39. The van der Waals surface area contributed by atoms with E-state index in [0.29, 0.717) is 19.1 Å². The van der Waals surface area contributed by atoms with E-state index in [1.54, 1.807) is 7.11 Å². The lowest BCUT2D eigenvalue weighted by atomic mass is 9.96. The van der Waals surface area contributed by atoms with Gasteiger partial charge in [-0.3, -0.25) is 4.90 Å². The van der Waals surface area contributed by atoms with Crippen LogP contribution < -0.4 is 10.1 Å². The van der Waals surface area contributed by atoms with Gasteiger partial charge in [-0.2, -0.15) is 0 Å². The van der Waals surface area contributed by atoms with Crippen molar-refractivity contribution < 1.29 is 9.47 Å². The first-order valence-corrected chi connectivity index (χ1v) is 10.4. The fraction of sp³-hybridized carbons (Fsp3) is 0.619. The lowest BCUT2D eigenvalue weighted by molar-refractivity contribution is 0.146. The molecule has 0 aliphatic carbocycles. The van der Waals surface area contributed by atoms with E-state index in [0.717, 1.165) is 57.3 Å². The Labute approximate surface area is 167 Å². The highest BCUT2D eigenvalue weighted by Crippen LogP contribution is 2.28. The van der Waals surface area contributed by atoms with Crippen molar-refractivity contribution in [3.8, 4) is 5.75 Å². The predicted octanol–water partition coefficient (Wildman–Crippen LogP) is 1.83. The van der Waals surface area contributed by atoms with Gasteiger partial charge < -0.3 is 19.4 Å². The number of benzene rings is 1. The second-order valence-corrected chi connectivity index (χ2v) is 7.69. The third kappa shape index (κ3) is 4.71. The number of aromatic nitrogens is 3. The fourth-order valence-corrected chi connectivity index (χ4v) is 4.24. The van der Waals surface area contributed by atoms with Crippen LogP contribution in [0.3, 0.4) is 0 Å². The SMILES string of the molecule is COCCOc1cccc(CN2CCCC(c3nnc4n3CCNCC4)C2)c1. The van der Waals surface area contributed by atoms with Gasteiger partial charge in [-0.1, -0.05) is 12.1 Å². The van der Waals surface area contributed by atoms with E-state index >= 15 is 0 Å². The van der Waals surface area contributed by atoms with Crippen LogP contribution in [-0.2, 0) is 24.2 Å². The van der Waals surface area contributed by atoms with Crippen LogP contribution in [0.1, 0.15) is 36.0 Å². The van der Waals surface area contributed by atoms with Crippen LogP contribution in [0.2, 0.25) is 0 Å². The van der Waals surface area contributed by atoms with Crippen molar-refractivity contribution in [2.75, 3.05) is 46.5 Å². The van der Waals surface area contributed by atoms with Crippen LogP contribution in [0.4, 0.5) is 0 Å². The molecule has 2 aromatic rings. The standard InChI is InChI=1S/C21H31N5O2/c1-27-12-13-28-19-6-2-4-17(14-19)15-25-10-3-5-18(16-25)21-24-23-20-7-8-22-9-11-26(20)21/h2,4,6,14,18,22H,3,5,7-13,15-16H2,1H3. The molecule has 1 aromatic heterocycles. The Morgan fingerprint density at radius 1 is 1.18 bits per heavy atom. The molecule has 2 aliphatic rings. The third-order valence-electron chi connectivity index (χ3n) is 5.63. The van der Waals surface area contributed by atoms with Crippen molar-refractivity contribution in [2.45, 2.75) is 38.3 Å². The van der Waals surface area contributed by atoms with Crippen molar-refractivity contribution in [2.24, 2.45) is 0 Å². The van der Waals surface area contributed by atoms with E-state index in [4.69, 9.17) is 9.47 Å². The van der Waals surface area contributed by atoms with Gasteiger partial charge >= 0.3 is 0 Å². The zero-order chi connectivity index (χ0) is 19.2. The number of likely N-dealkylation sites (tertiary alicyclic amines) is 1. The number of nitrogens with one attached hydrogen (secondary N) is 1. The predicted molar refractivity (Wildman–Crippen MR) is 108 cm³/mol. The second kappa shape index (κ2) is 9.49. The summed E-state index contributed by atoms with van der Waals surface area (Å²) in [6.07, 6.45) is 3.37. The van der Waals surface area contributed by atoms with Crippen molar-refractivity contribution >= 4 is 0 Å². The summed E-state index contributed by atoms with van der Waals surface area (Å²) < 4.78 is 13.2. The summed E-state index contributed by atoms with van der Waals surface area (Å²) in [6, 6.07) is 8.41. The van der Waals surface area contributed by atoms with Crippen LogP contribution >= 0.6 is 0 Å². The first-order chi connectivity index (χ1) is 13.8.